The Balaban J connectivity index is 1.14. The van der Waals surface area contributed by atoms with Gasteiger partial charge in [0.25, 0.3) is 0 Å². The van der Waals surface area contributed by atoms with E-state index in [2.05, 4.69) is 182 Å². The molecule has 15 rings (SSSR count). The molecule has 96 heavy (non-hydrogen) atoms. The second kappa shape index (κ2) is 26.7. The van der Waals surface area contributed by atoms with Gasteiger partial charge in [0.05, 0.1) is 78.7 Å². The number of fused-ring (bicyclic) bond motifs is 24. The highest BCUT2D eigenvalue weighted by Crippen LogP contribution is 2.53. The number of aliphatic imine (C=N–C) groups is 6. The van der Waals surface area contributed by atoms with Gasteiger partial charge in [0.15, 0.2) is 23.3 Å². The fraction of sp³-hybridized carbons (Fsp3) is 0.325. The molecular formula is C83H83N7O6. The number of amidine groups is 4. The number of hydrogen-bond acceptors (Lipinski definition) is 12. The zero-order chi connectivity index (χ0) is 65.6. The van der Waals surface area contributed by atoms with Gasteiger partial charge in [-0.1, -0.05) is 177 Å². The van der Waals surface area contributed by atoms with E-state index in [9.17, 15) is 0 Å². The van der Waals surface area contributed by atoms with Gasteiger partial charge in [-0.05, 0) is 120 Å². The van der Waals surface area contributed by atoms with Gasteiger partial charge in [-0.3, -0.25) is 0 Å². The number of ether oxygens (including phenoxy) is 6. The van der Waals surface area contributed by atoms with Crippen LogP contribution in [0.4, 0.5) is 11.6 Å². The Bertz CT molecular complexity index is 5160. The van der Waals surface area contributed by atoms with Crippen LogP contribution in [0.2, 0.25) is 0 Å². The molecule has 0 amide bonds. The van der Waals surface area contributed by atoms with E-state index in [1.54, 1.807) is 0 Å². The zero-order valence-electron chi connectivity index (χ0n) is 56.6. The molecule has 1 aliphatic carbocycles. The molecule has 1 N–H and O–H groups in total. The number of rotatable bonds is 24. The number of nitrogens with one attached hydrogen (secondary N) is 1. The average Bonchev–Trinajstić information content (AvgIpc) is 1.51. The molecule has 8 bridgehead atoms. The quantitative estimate of drug-likeness (QED) is 0.0471. The first-order valence-corrected chi connectivity index (χ1v) is 35.2. The summed E-state index contributed by atoms with van der Waals surface area (Å²) in [5.74, 6) is 7.00. The molecule has 0 radical (unpaired) electrons. The van der Waals surface area contributed by atoms with Crippen molar-refractivity contribution in [2.24, 2.45) is 30.0 Å². The fourth-order valence-corrected chi connectivity index (χ4v) is 14.4. The zero-order valence-corrected chi connectivity index (χ0v) is 56.6. The molecule has 486 valence electrons. The molecular weight excluding hydrogens is 1190 g/mol. The third-order valence-electron chi connectivity index (χ3n) is 19.3. The molecule has 0 spiro atoms. The van der Waals surface area contributed by atoms with Gasteiger partial charge in [0.1, 0.15) is 46.1 Å². The standard InChI is InChI=1S/C83H83N7O6/c1-9-15-37-91-72-56-35-27-25-33-54(56)48(7)64-62-47-63(66(64)72)85-80-69-71(77(96-42-20-14-6)61-46-53-32-24-22-30-51(53)44-59(61)75(69)94-40-18-12-4)83(89-80)90-81-67-65(49(8)55-34-26-28-36-57(55)73(67)92-38-16-10-2)78(86-81)87-82-70-68(79(84-62)88-82)74(93-39-17-11-3)58-43-50-29-21-23-31-52(50)45-60(58)76(70)95-41-19-13-5/h21-36,43-46H,9-20,37-42,47H2,1-8H3,(H,84,85,86,87,88,89,90). The smallest absolute Gasteiger partial charge is 0.168 e. The SMILES string of the molecule is CCCCOc1c2c(c(C)c3ccccc13)C1=NC3=NC(=Nc4[nH]c(c5c(OCCCC)c6ccccc6c(C)c45)N=C4N=C(N=C2C1)c1c4c(OCCCC)c2cc4ccccc4cc2c1OCCCC)c1c3c(OCCCC)c2cc3ccccc3cc2c1OCCCC. The van der Waals surface area contributed by atoms with Crippen molar-refractivity contribution in [1.29, 1.82) is 0 Å². The van der Waals surface area contributed by atoms with E-state index in [0.717, 1.165) is 197 Å². The lowest BCUT2D eigenvalue weighted by Gasteiger charge is -2.20. The summed E-state index contributed by atoms with van der Waals surface area (Å²) in [7, 11) is 0. The van der Waals surface area contributed by atoms with E-state index >= 15 is 0 Å². The van der Waals surface area contributed by atoms with Crippen LogP contribution in [0.5, 0.6) is 34.5 Å². The number of aryl methyl sites for hydroxylation is 2. The topological polar surface area (TPSA) is 145 Å². The predicted octanol–water partition coefficient (Wildman–Crippen LogP) is 21.2. The van der Waals surface area contributed by atoms with Gasteiger partial charge in [-0.2, -0.15) is 0 Å². The maximum atomic E-state index is 7.27. The van der Waals surface area contributed by atoms with Crippen molar-refractivity contribution in [3.05, 3.63) is 166 Å². The minimum atomic E-state index is 0.304. The highest BCUT2D eigenvalue weighted by molar-refractivity contribution is 6.40. The van der Waals surface area contributed by atoms with Crippen molar-refractivity contribution in [3.8, 4) is 34.5 Å². The van der Waals surface area contributed by atoms with E-state index in [4.69, 9.17) is 58.4 Å². The summed E-state index contributed by atoms with van der Waals surface area (Å²) in [6.07, 6.45) is 11.0. The molecule has 0 atom stereocenters. The summed E-state index contributed by atoms with van der Waals surface area (Å²) < 4.78 is 43.4. The summed E-state index contributed by atoms with van der Waals surface area (Å²) in [5.41, 5.74) is 8.25. The van der Waals surface area contributed by atoms with Crippen molar-refractivity contribution >= 4 is 122 Å². The number of unbranched alkanes of at least 4 members (excludes halogenated alkanes) is 6. The normalized spacial score (nSPS) is 13.9. The fourth-order valence-electron chi connectivity index (χ4n) is 14.4. The Morgan fingerprint density at radius 2 is 0.604 bits per heavy atom. The van der Waals surface area contributed by atoms with E-state index in [1.807, 2.05) is 0 Å². The number of benzene rings is 10. The Morgan fingerprint density at radius 3 is 0.990 bits per heavy atom. The maximum Gasteiger partial charge on any atom is 0.168 e. The van der Waals surface area contributed by atoms with E-state index < -0.39 is 0 Å². The van der Waals surface area contributed by atoms with Gasteiger partial charge in [-0.15, -0.1) is 0 Å². The van der Waals surface area contributed by atoms with Crippen molar-refractivity contribution in [2.45, 2.75) is 139 Å². The molecule has 0 saturated carbocycles. The minimum absolute atomic E-state index is 0.304. The summed E-state index contributed by atoms with van der Waals surface area (Å²) in [6, 6.07) is 43.0. The Hall–Kier alpha value is -9.88. The largest absolute Gasteiger partial charge is 0.492 e. The first-order valence-electron chi connectivity index (χ1n) is 35.2. The Morgan fingerprint density at radius 1 is 0.302 bits per heavy atom. The highest BCUT2D eigenvalue weighted by atomic mass is 16.5. The van der Waals surface area contributed by atoms with Crippen LogP contribution in [0.1, 0.15) is 170 Å². The third kappa shape index (κ3) is 10.8. The van der Waals surface area contributed by atoms with Crippen LogP contribution in [0, 0.1) is 13.8 Å². The predicted molar refractivity (Wildman–Crippen MR) is 398 cm³/mol. The lowest BCUT2D eigenvalue weighted by Crippen LogP contribution is -2.11. The molecule has 13 heteroatoms. The molecule has 1 aromatic heterocycles. The number of aromatic nitrogens is 1. The summed E-state index contributed by atoms with van der Waals surface area (Å²) >= 11 is 0. The van der Waals surface area contributed by atoms with Crippen LogP contribution in [0.15, 0.2) is 151 Å². The lowest BCUT2D eigenvalue weighted by atomic mass is 9.93. The van der Waals surface area contributed by atoms with Crippen molar-refractivity contribution in [1.82, 2.24) is 4.98 Å². The second-order valence-corrected chi connectivity index (χ2v) is 25.9. The van der Waals surface area contributed by atoms with Crippen LogP contribution < -0.4 is 28.4 Å². The van der Waals surface area contributed by atoms with Gasteiger partial charge >= 0.3 is 0 Å². The first-order chi connectivity index (χ1) is 47.2. The molecule has 4 heterocycles. The van der Waals surface area contributed by atoms with E-state index in [-0.39, 0.29) is 0 Å². The van der Waals surface area contributed by atoms with Gasteiger partial charge in [-0.25, -0.2) is 30.0 Å². The number of aromatic amines is 1. The van der Waals surface area contributed by atoms with Gasteiger partial charge in [0.2, 0.25) is 0 Å². The molecule has 3 aliphatic heterocycles. The molecule has 10 aromatic carbocycles. The van der Waals surface area contributed by atoms with Crippen molar-refractivity contribution < 1.29 is 28.4 Å². The molecule has 0 saturated heterocycles. The average molecular weight is 1270 g/mol. The molecule has 4 aliphatic rings. The monoisotopic (exact) mass is 1270 g/mol. The summed E-state index contributed by atoms with van der Waals surface area (Å²) in [4.78, 5) is 39.2. The lowest BCUT2D eigenvalue weighted by molar-refractivity contribution is 0.305. The number of hydrogen-bond donors (Lipinski definition) is 1. The van der Waals surface area contributed by atoms with Crippen LogP contribution in [-0.4, -0.2) is 79.4 Å². The van der Waals surface area contributed by atoms with E-state index in [0.29, 0.717) is 126 Å². The van der Waals surface area contributed by atoms with E-state index in [1.165, 1.54) is 0 Å². The minimum Gasteiger partial charge on any atom is -0.492 e. The highest BCUT2D eigenvalue weighted by Gasteiger charge is 2.40. The molecule has 0 unspecified atom stereocenters. The number of nitrogens with zero attached hydrogens (tertiary/aromatic N) is 6. The van der Waals surface area contributed by atoms with Gasteiger partial charge < -0.3 is 33.4 Å². The second-order valence-electron chi connectivity index (χ2n) is 25.9. The van der Waals surface area contributed by atoms with Crippen LogP contribution in [-0.2, 0) is 0 Å². The molecule has 11 aromatic rings. The van der Waals surface area contributed by atoms with Crippen LogP contribution in [0.3, 0.4) is 0 Å². The van der Waals surface area contributed by atoms with Crippen molar-refractivity contribution in [2.75, 3.05) is 39.6 Å². The number of H-pyrrole nitrogens is 1. The summed E-state index contributed by atoms with van der Waals surface area (Å²) in [5, 5.41) is 13.7. The Kier molecular flexibility index (Phi) is 17.3. The van der Waals surface area contributed by atoms with Crippen LogP contribution >= 0.6 is 0 Å². The Labute approximate surface area is 561 Å². The van der Waals surface area contributed by atoms with Crippen molar-refractivity contribution in [3.63, 3.8) is 0 Å². The van der Waals surface area contributed by atoms with Gasteiger partial charge in [0, 0.05) is 55.3 Å². The maximum absolute atomic E-state index is 7.27. The first kappa shape index (κ1) is 62.2. The summed E-state index contributed by atoms with van der Waals surface area (Å²) in [6.45, 7) is 20.4. The third-order valence-corrected chi connectivity index (χ3v) is 19.3. The molecule has 0 fully saturated rings. The van der Waals surface area contributed by atoms with Crippen LogP contribution in [0.25, 0.3) is 75.4 Å². The molecule has 13 nitrogen and oxygen atoms in total.